The number of benzene rings is 1. The van der Waals surface area contributed by atoms with Gasteiger partial charge in [0, 0.05) is 5.56 Å². The maximum Gasteiger partial charge on any atom is 0.314 e. The highest BCUT2D eigenvalue weighted by Gasteiger charge is 2.53. The molecule has 22 heavy (non-hydrogen) atoms. The molecule has 0 heterocycles. The fraction of sp³-hybridized carbons (Fsp3) is 0.632. The van der Waals surface area contributed by atoms with Gasteiger partial charge in [0.2, 0.25) is 0 Å². The maximum absolute atomic E-state index is 11.7. The minimum absolute atomic E-state index is 0.00610. The van der Waals surface area contributed by atoms with Gasteiger partial charge in [-0.2, -0.15) is 0 Å². The van der Waals surface area contributed by atoms with E-state index in [9.17, 15) is 9.90 Å². The Bertz CT molecular complexity index is 575. The smallest absolute Gasteiger partial charge is 0.314 e. The summed E-state index contributed by atoms with van der Waals surface area (Å²) in [6.45, 7) is 11.2. The van der Waals surface area contributed by atoms with Crippen LogP contribution in [0, 0.1) is 5.41 Å². The van der Waals surface area contributed by atoms with Gasteiger partial charge in [-0.3, -0.25) is 4.79 Å². The molecule has 0 saturated heterocycles. The van der Waals surface area contributed by atoms with E-state index in [1.165, 1.54) is 5.56 Å². The van der Waals surface area contributed by atoms with Crippen molar-refractivity contribution >= 4 is 5.97 Å². The van der Waals surface area contributed by atoms with Crippen LogP contribution in [0.1, 0.15) is 65.0 Å². The number of ether oxygens (including phenoxy) is 1. The van der Waals surface area contributed by atoms with Crippen LogP contribution in [0.15, 0.2) is 18.2 Å². The Morgan fingerprint density at radius 1 is 1.23 bits per heavy atom. The first-order chi connectivity index (χ1) is 10.0. The predicted octanol–water partition coefficient (Wildman–Crippen LogP) is 4.53. The molecule has 1 saturated carbocycles. The van der Waals surface area contributed by atoms with E-state index in [0.29, 0.717) is 18.6 Å². The molecular weight excluding hydrogens is 276 g/mol. The summed E-state index contributed by atoms with van der Waals surface area (Å²) < 4.78 is 5.43. The maximum atomic E-state index is 11.7. The van der Waals surface area contributed by atoms with Gasteiger partial charge < -0.3 is 9.84 Å². The lowest BCUT2D eigenvalue weighted by Gasteiger charge is -2.33. The van der Waals surface area contributed by atoms with Crippen LogP contribution < -0.4 is 4.74 Å². The Hall–Kier alpha value is -1.51. The van der Waals surface area contributed by atoms with Crippen LogP contribution in [0.4, 0.5) is 0 Å². The molecule has 2 rings (SSSR count). The summed E-state index contributed by atoms with van der Waals surface area (Å²) in [5, 5.41) is 9.60. The van der Waals surface area contributed by atoms with E-state index >= 15 is 0 Å². The SMILES string of the molecule is COc1ccc(C(C)(C)CC(C)(C)C)cc1C1(C(=O)O)CC1. The topological polar surface area (TPSA) is 46.5 Å². The molecule has 1 aromatic rings. The molecule has 1 aromatic carbocycles. The third-order valence-electron chi connectivity index (χ3n) is 4.63. The summed E-state index contributed by atoms with van der Waals surface area (Å²) >= 11 is 0. The molecule has 0 aromatic heterocycles. The highest BCUT2D eigenvalue weighted by atomic mass is 16.5. The summed E-state index contributed by atoms with van der Waals surface area (Å²) in [7, 11) is 1.61. The van der Waals surface area contributed by atoms with Crippen LogP contribution in [0.5, 0.6) is 5.75 Å². The second kappa shape index (κ2) is 5.29. The third-order valence-corrected chi connectivity index (χ3v) is 4.63. The van der Waals surface area contributed by atoms with Crippen molar-refractivity contribution in [1.29, 1.82) is 0 Å². The minimum atomic E-state index is -0.739. The van der Waals surface area contributed by atoms with Gasteiger partial charge >= 0.3 is 5.97 Å². The van der Waals surface area contributed by atoms with Crippen LogP contribution in [-0.2, 0) is 15.6 Å². The molecular formula is C19H28O3. The van der Waals surface area contributed by atoms with E-state index in [1.807, 2.05) is 6.07 Å². The van der Waals surface area contributed by atoms with Gasteiger partial charge in [0.05, 0.1) is 12.5 Å². The van der Waals surface area contributed by atoms with Gasteiger partial charge in [-0.25, -0.2) is 0 Å². The molecule has 0 amide bonds. The molecule has 1 aliphatic carbocycles. The monoisotopic (exact) mass is 304 g/mol. The first kappa shape index (κ1) is 16.9. The molecule has 3 nitrogen and oxygen atoms in total. The highest BCUT2D eigenvalue weighted by Crippen LogP contribution is 2.52. The molecule has 0 spiro atoms. The number of carboxylic acids is 1. The normalized spacial score (nSPS) is 17.2. The summed E-state index contributed by atoms with van der Waals surface area (Å²) in [5.41, 5.74) is 1.49. The highest BCUT2D eigenvalue weighted by molar-refractivity contribution is 5.86. The molecule has 0 aliphatic heterocycles. The third kappa shape index (κ3) is 3.13. The summed E-state index contributed by atoms with van der Waals surface area (Å²) in [5.74, 6) is -0.0493. The fourth-order valence-electron chi connectivity index (χ4n) is 3.65. The van der Waals surface area contributed by atoms with Gasteiger partial charge in [-0.15, -0.1) is 0 Å². The fourth-order valence-corrected chi connectivity index (χ4v) is 3.65. The van der Waals surface area contributed by atoms with Crippen molar-refractivity contribution in [1.82, 2.24) is 0 Å². The lowest BCUT2D eigenvalue weighted by atomic mass is 9.71. The standard InChI is InChI=1S/C19H28O3/c1-17(2,3)12-18(4,5)13-7-8-15(22-6)14(11-13)19(9-10-19)16(20)21/h7-8,11H,9-10,12H2,1-6H3,(H,20,21). The van der Waals surface area contributed by atoms with E-state index in [1.54, 1.807) is 7.11 Å². The summed E-state index contributed by atoms with van der Waals surface area (Å²) in [6, 6.07) is 6.07. The number of carbonyl (C=O) groups is 1. The predicted molar refractivity (Wildman–Crippen MR) is 88.6 cm³/mol. The van der Waals surface area contributed by atoms with E-state index in [2.05, 4.69) is 46.8 Å². The van der Waals surface area contributed by atoms with Gasteiger partial charge in [0.25, 0.3) is 0 Å². The Labute approximate surface area is 133 Å². The van der Waals surface area contributed by atoms with Crippen LogP contribution in [0.2, 0.25) is 0 Å². The molecule has 122 valence electrons. The minimum Gasteiger partial charge on any atom is -0.496 e. The average molecular weight is 304 g/mol. The van der Waals surface area contributed by atoms with Gasteiger partial charge in [0.15, 0.2) is 0 Å². The lowest BCUT2D eigenvalue weighted by molar-refractivity contribution is -0.140. The number of aliphatic carboxylic acids is 1. The Morgan fingerprint density at radius 3 is 2.23 bits per heavy atom. The molecule has 0 radical (unpaired) electrons. The number of hydrogen-bond donors (Lipinski definition) is 1. The second-order valence-electron chi connectivity index (χ2n) is 8.42. The molecule has 1 aliphatic rings. The van der Waals surface area contributed by atoms with E-state index in [-0.39, 0.29) is 10.8 Å². The first-order valence-electron chi connectivity index (χ1n) is 7.94. The number of carboxylic acid groups (broad SMARTS) is 1. The summed E-state index contributed by atoms with van der Waals surface area (Å²) in [4.78, 5) is 11.7. The van der Waals surface area contributed by atoms with E-state index in [4.69, 9.17) is 4.74 Å². The molecule has 1 N–H and O–H groups in total. The van der Waals surface area contributed by atoms with E-state index in [0.717, 1.165) is 12.0 Å². The van der Waals surface area contributed by atoms with Gasteiger partial charge in [0.1, 0.15) is 5.75 Å². The van der Waals surface area contributed by atoms with Crippen molar-refractivity contribution in [2.75, 3.05) is 7.11 Å². The average Bonchev–Trinajstić information content (AvgIpc) is 3.16. The largest absolute Gasteiger partial charge is 0.496 e. The quantitative estimate of drug-likeness (QED) is 0.869. The number of methoxy groups -OCH3 is 1. The molecule has 0 bridgehead atoms. The zero-order chi connectivity index (χ0) is 16.8. The Kier molecular flexibility index (Phi) is 4.05. The second-order valence-corrected chi connectivity index (χ2v) is 8.42. The van der Waals surface area contributed by atoms with Crippen LogP contribution >= 0.6 is 0 Å². The zero-order valence-electron chi connectivity index (χ0n) is 14.6. The van der Waals surface area contributed by atoms with Crippen LogP contribution in [0.25, 0.3) is 0 Å². The van der Waals surface area contributed by atoms with E-state index < -0.39 is 11.4 Å². The molecule has 3 heteroatoms. The van der Waals surface area contributed by atoms with Crippen molar-refractivity contribution < 1.29 is 14.6 Å². The van der Waals surface area contributed by atoms with Crippen molar-refractivity contribution in [3.63, 3.8) is 0 Å². The van der Waals surface area contributed by atoms with Crippen LogP contribution in [-0.4, -0.2) is 18.2 Å². The Morgan fingerprint density at radius 2 is 1.82 bits per heavy atom. The first-order valence-corrected chi connectivity index (χ1v) is 7.94. The zero-order valence-corrected chi connectivity index (χ0v) is 14.6. The van der Waals surface area contributed by atoms with Crippen LogP contribution in [0.3, 0.4) is 0 Å². The molecule has 0 atom stereocenters. The Balaban J connectivity index is 2.46. The van der Waals surface area contributed by atoms with Crippen molar-refractivity contribution in [3.8, 4) is 5.75 Å². The van der Waals surface area contributed by atoms with Crippen molar-refractivity contribution in [3.05, 3.63) is 29.3 Å². The summed E-state index contributed by atoms with van der Waals surface area (Å²) in [6.07, 6.45) is 2.43. The van der Waals surface area contributed by atoms with Gasteiger partial charge in [-0.1, -0.05) is 46.8 Å². The van der Waals surface area contributed by atoms with Gasteiger partial charge in [-0.05, 0) is 41.7 Å². The lowest BCUT2D eigenvalue weighted by Crippen LogP contribution is -2.26. The number of rotatable bonds is 5. The van der Waals surface area contributed by atoms with Crippen molar-refractivity contribution in [2.45, 2.75) is 64.7 Å². The molecule has 1 fully saturated rings. The number of hydrogen-bond acceptors (Lipinski definition) is 2. The van der Waals surface area contributed by atoms with Crippen molar-refractivity contribution in [2.24, 2.45) is 5.41 Å². The molecule has 0 unspecified atom stereocenters.